The maximum atomic E-state index is 13.8. The third-order valence-electron chi connectivity index (χ3n) is 3.60. The third kappa shape index (κ3) is 3.22. The van der Waals surface area contributed by atoms with Gasteiger partial charge < -0.3 is 5.73 Å². The highest BCUT2D eigenvalue weighted by Crippen LogP contribution is 2.30. The van der Waals surface area contributed by atoms with Crippen molar-refractivity contribution in [3.8, 4) is 0 Å². The van der Waals surface area contributed by atoms with Crippen LogP contribution in [0.2, 0.25) is 0 Å². The monoisotopic (exact) mass is 324 g/mol. The predicted octanol–water partition coefficient (Wildman–Crippen LogP) is 2.24. The average Bonchev–Trinajstić information content (AvgIpc) is 2.37. The minimum atomic E-state index is -4.47. The van der Waals surface area contributed by atoms with Gasteiger partial charge in [0.2, 0.25) is 10.0 Å². The third-order valence-corrected chi connectivity index (χ3v) is 5.79. The first-order valence-corrected chi connectivity index (χ1v) is 7.95. The predicted molar refractivity (Wildman–Crippen MR) is 73.6 cm³/mol. The molecule has 120 valence electrons. The average molecular weight is 324 g/mol. The summed E-state index contributed by atoms with van der Waals surface area (Å²) in [6.07, 6.45) is 0.362. The Morgan fingerprint density at radius 3 is 2.00 bits per heavy atom. The molecule has 1 rings (SSSR count). The molecule has 2 N–H and O–H groups in total. The maximum Gasteiger partial charge on any atom is 0.249 e. The fourth-order valence-electron chi connectivity index (χ4n) is 2.15. The minimum Gasteiger partial charge on any atom is -0.329 e. The van der Waals surface area contributed by atoms with E-state index in [1.807, 2.05) is 0 Å². The van der Waals surface area contributed by atoms with Crippen LogP contribution < -0.4 is 5.73 Å². The van der Waals surface area contributed by atoms with Crippen molar-refractivity contribution < 1.29 is 21.6 Å². The number of nitrogens with zero attached hydrogens (tertiary/aromatic N) is 1. The molecule has 0 radical (unpaired) electrons. The molecule has 0 heterocycles. The molecule has 8 heteroatoms. The van der Waals surface area contributed by atoms with E-state index in [0.29, 0.717) is 18.6 Å². The van der Waals surface area contributed by atoms with E-state index < -0.39 is 37.9 Å². The zero-order chi connectivity index (χ0) is 16.4. The van der Waals surface area contributed by atoms with Gasteiger partial charge in [0, 0.05) is 30.8 Å². The Morgan fingerprint density at radius 2 is 1.67 bits per heavy atom. The molecule has 0 aliphatic carbocycles. The summed E-state index contributed by atoms with van der Waals surface area (Å²) in [6, 6.07) is 0.686. The highest BCUT2D eigenvalue weighted by molar-refractivity contribution is 7.89. The Balaban J connectivity index is 3.53. The quantitative estimate of drug-likeness (QED) is 0.873. The first-order valence-electron chi connectivity index (χ1n) is 6.51. The molecule has 21 heavy (non-hydrogen) atoms. The van der Waals surface area contributed by atoms with E-state index in [1.54, 1.807) is 20.8 Å². The van der Waals surface area contributed by atoms with E-state index in [9.17, 15) is 21.6 Å². The molecular formula is C13H19F3N2O2S. The fourth-order valence-corrected chi connectivity index (χ4v) is 4.10. The molecule has 0 aromatic heterocycles. The van der Waals surface area contributed by atoms with Crippen LogP contribution in [0, 0.1) is 17.5 Å². The number of rotatable bonds is 6. The summed E-state index contributed by atoms with van der Waals surface area (Å²) in [6.45, 7) is 4.83. The van der Waals surface area contributed by atoms with Crippen LogP contribution in [0.25, 0.3) is 0 Å². The van der Waals surface area contributed by atoms with Crippen LogP contribution in [0.4, 0.5) is 13.2 Å². The summed E-state index contributed by atoms with van der Waals surface area (Å²) >= 11 is 0. The van der Waals surface area contributed by atoms with Crippen LogP contribution in [0.5, 0.6) is 0 Å². The molecule has 0 aliphatic rings. The molecule has 0 aliphatic heterocycles. The molecule has 1 atom stereocenters. The van der Waals surface area contributed by atoms with Crippen LogP contribution in [-0.4, -0.2) is 31.4 Å². The van der Waals surface area contributed by atoms with Gasteiger partial charge in [0.15, 0.2) is 4.90 Å². The first-order chi connectivity index (χ1) is 9.63. The van der Waals surface area contributed by atoms with Crippen LogP contribution in [0.15, 0.2) is 17.0 Å². The number of likely N-dealkylation sites (N-methyl/N-ethyl adjacent to an activating group) is 1. The molecule has 0 saturated heterocycles. The lowest BCUT2D eigenvalue weighted by atomic mass is 9.99. The van der Waals surface area contributed by atoms with Crippen molar-refractivity contribution in [3.05, 3.63) is 29.6 Å². The molecule has 0 fully saturated rings. The van der Waals surface area contributed by atoms with E-state index in [4.69, 9.17) is 5.73 Å². The van der Waals surface area contributed by atoms with Crippen molar-refractivity contribution >= 4 is 10.0 Å². The Bertz CT molecular complexity index is 593. The van der Waals surface area contributed by atoms with Crippen molar-refractivity contribution in [2.24, 2.45) is 5.73 Å². The Morgan fingerprint density at radius 1 is 1.19 bits per heavy atom. The standard InChI is InChI=1S/C13H19F3N2O2S/c1-4-13(3,8-17)18(5-2)21(19,20)12-10(15)6-9(14)7-11(12)16/h6-7H,4-5,8,17H2,1-3H3. The number of sulfonamides is 1. The Kier molecular flexibility index (Phi) is 5.40. The number of benzene rings is 1. The van der Waals surface area contributed by atoms with Gasteiger partial charge in [0.05, 0.1) is 0 Å². The number of halogens is 3. The summed E-state index contributed by atoms with van der Waals surface area (Å²) in [5, 5.41) is 0. The highest BCUT2D eigenvalue weighted by Gasteiger charge is 2.40. The van der Waals surface area contributed by atoms with Gasteiger partial charge in [-0.1, -0.05) is 13.8 Å². The largest absolute Gasteiger partial charge is 0.329 e. The molecule has 0 bridgehead atoms. The number of nitrogens with two attached hydrogens (primary N) is 1. The summed E-state index contributed by atoms with van der Waals surface area (Å²) in [4.78, 5) is -1.15. The molecular weight excluding hydrogens is 305 g/mol. The molecule has 0 saturated carbocycles. The second-order valence-electron chi connectivity index (χ2n) is 4.92. The molecule has 1 aromatic carbocycles. The van der Waals surface area contributed by atoms with Crippen molar-refractivity contribution in [1.82, 2.24) is 4.31 Å². The molecule has 0 spiro atoms. The topological polar surface area (TPSA) is 63.4 Å². The number of hydrogen-bond donors (Lipinski definition) is 1. The van der Waals surface area contributed by atoms with Crippen LogP contribution in [0.3, 0.4) is 0 Å². The summed E-state index contributed by atoms with van der Waals surface area (Å²) in [5.41, 5.74) is 4.63. The molecule has 1 aromatic rings. The van der Waals surface area contributed by atoms with Crippen molar-refractivity contribution in [1.29, 1.82) is 0 Å². The second kappa shape index (κ2) is 6.33. The van der Waals surface area contributed by atoms with E-state index in [0.717, 1.165) is 4.31 Å². The molecule has 1 unspecified atom stereocenters. The normalized spacial score (nSPS) is 15.2. The lowest BCUT2D eigenvalue weighted by Gasteiger charge is -2.38. The van der Waals surface area contributed by atoms with Crippen LogP contribution in [-0.2, 0) is 10.0 Å². The van der Waals surface area contributed by atoms with Gasteiger partial charge >= 0.3 is 0 Å². The lowest BCUT2D eigenvalue weighted by Crippen LogP contribution is -2.54. The van der Waals surface area contributed by atoms with Gasteiger partial charge in [0.25, 0.3) is 0 Å². The van der Waals surface area contributed by atoms with Gasteiger partial charge in [-0.25, -0.2) is 21.6 Å². The first kappa shape index (κ1) is 17.9. The van der Waals surface area contributed by atoms with Gasteiger partial charge in [-0.15, -0.1) is 0 Å². The summed E-state index contributed by atoms with van der Waals surface area (Å²) < 4.78 is 66.5. The fraction of sp³-hybridized carbons (Fsp3) is 0.538. The van der Waals surface area contributed by atoms with E-state index in [1.165, 1.54) is 0 Å². The van der Waals surface area contributed by atoms with Crippen molar-refractivity contribution in [2.75, 3.05) is 13.1 Å². The highest BCUT2D eigenvalue weighted by atomic mass is 32.2. The van der Waals surface area contributed by atoms with E-state index >= 15 is 0 Å². The lowest BCUT2D eigenvalue weighted by molar-refractivity contribution is 0.212. The smallest absolute Gasteiger partial charge is 0.249 e. The minimum absolute atomic E-state index is 0.0129. The molecule has 0 amide bonds. The Labute approximate surface area is 122 Å². The van der Waals surface area contributed by atoms with E-state index in [2.05, 4.69) is 0 Å². The summed E-state index contributed by atoms with van der Waals surface area (Å²) in [7, 11) is -4.47. The van der Waals surface area contributed by atoms with E-state index in [-0.39, 0.29) is 13.1 Å². The maximum absolute atomic E-state index is 13.8. The van der Waals surface area contributed by atoms with Crippen LogP contribution in [0.1, 0.15) is 27.2 Å². The van der Waals surface area contributed by atoms with Gasteiger partial charge in [0.1, 0.15) is 17.5 Å². The Hall–Kier alpha value is -1.12. The SMILES string of the molecule is CCN(C(C)(CC)CN)S(=O)(=O)c1c(F)cc(F)cc1F. The van der Waals surface area contributed by atoms with Crippen molar-refractivity contribution in [3.63, 3.8) is 0 Å². The zero-order valence-electron chi connectivity index (χ0n) is 12.2. The summed E-state index contributed by atoms with van der Waals surface area (Å²) in [5.74, 6) is -4.09. The second-order valence-corrected chi connectivity index (χ2v) is 6.72. The van der Waals surface area contributed by atoms with Crippen LogP contribution >= 0.6 is 0 Å². The zero-order valence-corrected chi connectivity index (χ0v) is 13.0. The molecule has 4 nitrogen and oxygen atoms in total. The van der Waals surface area contributed by atoms with Gasteiger partial charge in [-0.05, 0) is 13.3 Å². The van der Waals surface area contributed by atoms with Crippen molar-refractivity contribution in [2.45, 2.75) is 37.6 Å². The number of hydrogen-bond acceptors (Lipinski definition) is 3. The van der Waals surface area contributed by atoms with Gasteiger partial charge in [-0.2, -0.15) is 4.31 Å². The van der Waals surface area contributed by atoms with Gasteiger partial charge in [-0.3, -0.25) is 0 Å².